The van der Waals surface area contributed by atoms with Crippen LogP contribution in [0.15, 0.2) is 36.4 Å². The molecule has 0 aliphatic carbocycles. The van der Waals surface area contributed by atoms with Crippen LogP contribution < -0.4 is 5.32 Å². The largest absolute Gasteiger partial charge is 0.337 e. The van der Waals surface area contributed by atoms with Gasteiger partial charge in [-0.15, -0.1) is 0 Å². The van der Waals surface area contributed by atoms with E-state index in [9.17, 15) is 18.8 Å². The molecule has 3 aliphatic rings. The van der Waals surface area contributed by atoms with Gasteiger partial charge < -0.3 is 20.0 Å². The van der Waals surface area contributed by atoms with Crippen LogP contribution >= 0.6 is 11.6 Å². The van der Waals surface area contributed by atoms with Crippen molar-refractivity contribution in [3.63, 3.8) is 0 Å². The van der Waals surface area contributed by atoms with Gasteiger partial charge in [0, 0.05) is 36.8 Å². The number of piperazine rings is 1. The zero-order valence-electron chi connectivity index (χ0n) is 22.0. The summed E-state index contributed by atoms with van der Waals surface area (Å²) in [5, 5.41) is 3.15. The highest BCUT2D eigenvalue weighted by molar-refractivity contribution is 6.30. The van der Waals surface area contributed by atoms with E-state index in [-0.39, 0.29) is 35.8 Å². The van der Waals surface area contributed by atoms with Crippen LogP contribution in [0.5, 0.6) is 0 Å². The lowest BCUT2D eigenvalue weighted by Gasteiger charge is -2.44. The molecule has 1 N–H and O–H groups in total. The van der Waals surface area contributed by atoms with Gasteiger partial charge in [0.15, 0.2) is 0 Å². The summed E-state index contributed by atoms with van der Waals surface area (Å²) >= 11 is 5.90. The Labute approximate surface area is 227 Å². The number of hydrogen-bond donors (Lipinski definition) is 1. The van der Waals surface area contributed by atoms with E-state index in [0.29, 0.717) is 28.9 Å². The van der Waals surface area contributed by atoms with Gasteiger partial charge in [-0.3, -0.25) is 19.3 Å². The smallest absolute Gasteiger partial charge is 0.256 e. The van der Waals surface area contributed by atoms with Crippen molar-refractivity contribution in [3.8, 4) is 11.1 Å². The lowest BCUT2D eigenvalue weighted by atomic mass is 9.95. The van der Waals surface area contributed by atoms with Crippen LogP contribution in [0.3, 0.4) is 0 Å². The first kappa shape index (κ1) is 26.6. The van der Waals surface area contributed by atoms with Gasteiger partial charge in [-0.05, 0) is 76.3 Å². The number of hydrogen-bond acceptors (Lipinski definition) is 5. The molecule has 0 spiro atoms. The molecular formula is C28H33ClFN5O3. The van der Waals surface area contributed by atoms with E-state index in [4.69, 9.17) is 11.6 Å². The number of carbonyl (C=O) groups is 3. The monoisotopic (exact) mass is 541 g/mol. The van der Waals surface area contributed by atoms with Crippen molar-refractivity contribution in [3.05, 3.63) is 52.8 Å². The van der Waals surface area contributed by atoms with Crippen molar-refractivity contribution in [1.29, 1.82) is 0 Å². The molecule has 3 amide bonds. The summed E-state index contributed by atoms with van der Waals surface area (Å²) in [6, 6.07) is 8.48. The highest BCUT2D eigenvalue weighted by atomic mass is 35.5. The molecule has 8 nitrogen and oxygen atoms in total. The summed E-state index contributed by atoms with van der Waals surface area (Å²) in [6.07, 6.45) is 1.72. The molecule has 38 heavy (non-hydrogen) atoms. The van der Waals surface area contributed by atoms with E-state index >= 15 is 0 Å². The maximum atomic E-state index is 14.6. The molecule has 2 aromatic carbocycles. The van der Waals surface area contributed by atoms with Gasteiger partial charge in [-0.25, -0.2) is 4.39 Å². The molecule has 2 atom stereocenters. The number of anilines is 1. The highest BCUT2D eigenvalue weighted by Gasteiger charge is 2.48. The number of benzene rings is 2. The van der Waals surface area contributed by atoms with Crippen LogP contribution in [0.1, 0.15) is 30.1 Å². The number of nitrogens with zero attached hydrogens (tertiary/aromatic N) is 4. The second-order valence-corrected chi connectivity index (χ2v) is 11.2. The molecule has 2 aromatic rings. The van der Waals surface area contributed by atoms with Gasteiger partial charge in [-0.2, -0.15) is 0 Å². The molecule has 202 valence electrons. The lowest BCUT2D eigenvalue weighted by molar-refractivity contribution is -0.145. The Morgan fingerprint density at radius 2 is 1.92 bits per heavy atom. The number of carbonyl (C=O) groups excluding carboxylic acids is 3. The van der Waals surface area contributed by atoms with Crippen LogP contribution in [0.25, 0.3) is 11.1 Å². The number of likely N-dealkylation sites (N-methyl/N-ethyl adjacent to an activating group) is 1. The number of likely N-dealkylation sites (tertiary alicyclic amines) is 1. The van der Waals surface area contributed by atoms with Crippen molar-refractivity contribution in [1.82, 2.24) is 19.6 Å². The summed E-state index contributed by atoms with van der Waals surface area (Å²) in [7, 11) is 4.03. The number of halogens is 2. The quantitative estimate of drug-likeness (QED) is 0.629. The van der Waals surface area contributed by atoms with Crippen molar-refractivity contribution in [2.75, 3.05) is 58.7 Å². The fraction of sp³-hybridized carbons (Fsp3) is 0.464. The van der Waals surface area contributed by atoms with Crippen LogP contribution in [-0.4, -0.2) is 102 Å². The van der Waals surface area contributed by atoms with Crippen LogP contribution in [0.2, 0.25) is 5.02 Å². The molecule has 5 rings (SSSR count). The van der Waals surface area contributed by atoms with E-state index in [0.717, 1.165) is 32.5 Å². The predicted octanol–water partition coefficient (Wildman–Crippen LogP) is 3.17. The Morgan fingerprint density at radius 3 is 2.66 bits per heavy atom. The minimum absolute atomic E-state index is 0.0101. The SMILES string of the molecule is CN(C)CCN1CCC[C@]1(C)C(=O)N1CCN2C(=O)c3cc(-c4ccc(Cl)cc4F)ccc3NC(=O)C2C1. The standard InChI is InChI=1S/C28H33ClFN5O3/c1-28(9-4-10-34(28)13-11-32(2)3)27(38)33-12-14-35-24(17-33)25(36)31-23-8-5-18(15-21(23)26(35)37)20-7-6-19(29)16-22(20)30/h5-8,15-16,24H,4,9-14,17H2,1-3H3,(H,31,36)/t24?,28-/m1/s1. The molecule has 0 saturated carbocycles. The first-order chi connectivity index (χ1) is 18.1. The normalized spacial score (nSPS) is 23.8. The maximum absolute atomic E-state index is 14.6. The first-order valence-corrected chi connectivity index (χ1v) is 13.4. The number of amides is 3. The summed E-state index contributed by atoms with van der Waals surface area (Å²) in [4.78, 5) is 48.3. The van der Waals surface area contributed by atoms with E-state index in [2.05, 4.69) is 15.1 Å². The minimum atomic E-state index is -0.802. The summed E-state index contributed by atoms with van der Waals surface area (Å²) in [5.41, 5.74) is 0.883. The molecule has 10 heteroatoms. The molecule has 2 saturated heterocycles. The average Bonchev–Trinajstić information content (AvgIpc) is 3.23. The molecule has 2 fully saturated rings. The molecule has 3 heterocycles. The summed E-state index contributed by atoms with van der Waals surface area (Å²) in [5.74, 6) is -1.13. The molecule has 1 unspecified atom stereocenters. The zero-order valence-corrected chi connectivity index (χ0v) is 22.7. The molecular weight excluding hydrogens is 509 g/mol. The Bertz CT molecular complexity index is 1290. The zero-order chi connectivity index (χ0) is 27.2. The van der Waals surface area contributed by atoms with E-state index < -0.39 is 17.4 Å². The predicted molar refractivity (Wildman–Crippen MR) is 145 cm³/mol. The topological polar surface area (TPSA) is 76.2 Å². The van der Waals surface area contributed by atoms with Gasteiger partial charge in [-0.1, -0.05) is 17.7 Å². The molecule has 0 bridgehead atoms. The third kappa shape index (κ3) is 4.79. The van der Waals surface area contributed by atoms with Gasteiger partial charge in [0.05, 0.1) is 23.3 Å². The minimum Gasteiger partial charge on any atom is -0.337 e. The van der Waals surface area contributed by atoms with Crippen LogP contribution in [0, 0.1) is 5.82 Å². The maximum Gasteiger partial charge on any atom is 0.256 e. The third-order valence-electron chi connectivity index (χ3n) is 8.05. The number of rotatable bonds is 5. The van der Waals surface area contributed by atoms with Crippen LogP contribution in [0.4, 0.5) is 10.1 Å². The molecule has 0 aromatic heterocycles. The Kier molecular flexibility index (Phi) is 7.19. The summed E-state index contributed by atoms with van der Waals surface area (Å²) < 4.78 is 14.6. The van der Waals surface area contributed by atoms with Gasteiger partial charge in [0.25, 0.3) is 5.91 Å². The fourth-order valence-corrected chi connectivity index (χ4v) is 5.97. The van der Waals surface area contributed by atoms with Crippen molar-refractivity contribution in [2.24, 2.45) is 0 Å². The second kappa shape index (κ2) is 10.3. The first-order valence-electron chi connectivity index (χ1n) is 13.0. The van der Waals surface area contributed by atoms with Crippen LogP contribution in [-0.2, 0) is 9.59 Å². The van der Waals surface area contributed by atoms with E-state index in [1.165, 1.54) is 11.0 Å². The van der Waals surface area contributed by atoms with Crippen molar-refractivity contribution >= 4 is 35.0 Å². The Hall–Kier alpha value is -3.01. The Balaban J connectivity index is 1.37. The summed E-state index contributed by atoms with van der Waals surface area (Å²) in [6.45, 7) is 5.25. The van der Waals surface area contributed by atoms with E-state index in [1.54, 1.807) is 35.2 Å². The second-order valence-electron chi connectivity index (χ2n) is 10.8. The van der Waals surface area contributed by atoms with Gasteiger partial charge >= 0.3 is 0 Å². The average molecular weight is 542 g/mol. The Morgan fingerprint density at radius 1 is 1.13 bits per heavy atom. The van der Waals surface area contributed by atoms with Crippen molar-refractivity contribution < 1.29 is 18.8 Å². The van der Waals surface area contributed by atoms with Gasteiger partial charge in [0.1, 0.15) is 11.9 Å². The third-order valence-corrected chi connectivity index (χ3v) is 8.28. The highest BCUT2D eigenvalue weighted by Crippen LogP contribution is 2.34. The molecule has 0 radical (unpaired) electrons. The number of nitrogens with one attached hydrogen (secondary N) is 1. The van der Waals surface area contributed by atoms with Gasteiger partial charge in [0.2, 0.25) is 11.8 Å². The fourth-order valence-electron chi connectivity index (χ4n) is 5.81. The molecule has 3 aliphatic heterocycles. The van der Waals surface area contributed by atoms with E-state index in [1.807, 2.05) is 21.0 Å². The number of fused-ring (bicyclic) bond motifs is 2. The van der Waals surface area contributed by atoms with Crippen molar-refractivity contribution in [2.45, 2.75) is 31.3 Å². The lowest BCUT2D eigenvalue weighted by Crippen LogP contribution is -2.64.